The maximum Gasteiger partial charge on any atom is 0.309 e. The van der Waals surface area contributed by atoms with Crippen molar-refractivity contribution in [1.82, 2.24) is 15.0 Å². The van der Waals surface area contributed by atoms with Gasteiger partial charge in [-0.1, -0.05) is 72.9 Å². The monoisotopic (exact) mass is 365 g/mol. The van der Waals surface area contributed by atoms with Crippen LogP contribution in [0.2, 0.25) is 0 Å². The van der Waals surface area contributed by atoms with E-state index >= 15 is 0 Å². The van der Waals surface area contributed by atoms with Crippen molar-refractivity contribution in [2.24, 2.45) is 16.7 Å². The molecule has 0 saturated carbocycles. The van der Waals surface area contributed by atoms with Crippen molar-refractivity contribution in [2.45, 2.75) is 100 Å². The molecule has 1 aromatic heterocycles. The molecule has 2 unspecified atom stereocenters. The Labute approximate surface area is 159 Å². The van der Waals surface area contributed by atoms with Crippen LogP contribution in [-0.4, -0.2) is 21.0 Å². The highest BCUT2D eigenvalue weighted by atomic mass is 16.5. The zero-order valence-electron chi connectivity index (χ0n) is 18.1. The van der Waals surface area contributed by atoms with Gasteiger partial charge >= 0.3 is 5.97 Å². The molecule has 0 amide bonds. The van der Waals surface area contributed by atoms with Crippen molar-refractivity contribution in [2.75, 3.05) is 0 Å². The standard InChI is InChI=1S/C21H39N3O2/c1-9-10-11-12-16(2)24-14-17(22-23-24)15-26-19(25)18(21(6,7)8)13-20(3,4)5/h14,16,18H,9-13,15H2,1-8H3. The van der Waals surface area contributed by atoms with Crippen LogP contribution < -0.4 is 0 Å². The first kappa shape index (κ1) is 22.7. The van der Waals surface area contributed by atoms with Gasteiger partial charge in [-0.15, -0.1) is 5.10 Å². The summed E-state index contributed by atoms with van der Waals surface area (Å²) in [7, 11) is 0. The predicted molar refractivity (Wildman–Crippen MR) is 106 cm³/mol. The number of aromatic nitrogens is 3. The normalized spacial score (nSPS) is 14.9. The minimum absolute atomic E-state index is 0.0774. The first-order valence-electron chi connectivity index (χ1n) is 10.0. The van der Waals surface area contributed by atoms with Gasteiger partial charge in [0.25, 0.3) is 0 Å². The molecule has 0 N–H and O–H groups in total. The van der Waals surface area contributed by atoms with E-state index in [1.807, 2.05) is 10.9 Å². The average Bonchev–Trinajstić information content (AvgIpc) is 2.97. The second-order valence-corrected chi connectivity index (χ2v) is 9.83. The van der Waals surface area contributed by atoms with Crippen LogP contribution in [0, 0.1) is 16.7 Å². The van der Waals surface area contributed by atoms with Crippen molar-refractivity contribution in [3.8, 4) is 0 Å². The molecule has 1 heterocycles. The fraction of sp³-hybridized carbons (Fsp3) is 0.857. The molecule has 0 spiro atoms. The van der Waals surface area contributed by atoms with Crippen molar-refractivity contribution in [3.05, 3.63) is 11.9 Å². The van der Waals surface area contributed by atoms with Crippen LogP contribution in [0.15, 0.2) is 6.20 Å². The summed E-state index contributed by atoms with van der Waals surface area (Å²) in [4.78, 5) is 12.7. The summed E-state index contributed by atoms with van der Waals surface area (Å²) in [6, 6.07) is 0.321. The lowest BCUT2D eigenvalue weighted by Crippen LogP contribution is -2.33. The van der Waals surface area contributed by atoms with E-state index in [0.717, 1.165) is 12.8 Å². The summed E-state index contributed by atoms with van der Waals surface area (Å²) < 4.78 is 7.48. The first-order chi connectivity index (χ1) is 11.9. The Hall–Kier alpha value is -1.39. The molecule has 150 valence electrons. The van der Waals surface area contributed by atoms with Gasteiger partial charge in [-0.3, -0.25) is 4.79 Å². The smallest absolute Gasteiger partial charge is 0.309 e. The van der Waals surface area contributed by atoms with Crippen LogP contribution in [0.25, 0.3) is 0 Å². The van der Waals surface area contributed by atoms with E-state index in [2.05, 4.69) is 65.7 Å². The zero-order chi connectivity index (χ0) is 20.0. The third-order valence-electron chi connectivity index (χ3n) is 4.74. The number of carbonyl (C=O) groups excluding carboxylic acids is 1. The zero-order valence-corrected chi connectivity index (χ0v) is 18.1. The average molecular weight is 366 g/mol. The molecule has 1 rings (SSSR count). The molecule has 0 aliphatic heterocycles. The molecule has 0 fully saturated rings. The van der Waals surface area contributed by atoms with E-state index in [1.54, 1.807) is 0 Å². The third-order valence-corrected chi connectivity index (χ3v) is 4.74. The molecule has 0 aliphatic carbocycles. The topological polar surface area (TPSA) is 57.0 Å². The van der Waals surface area contributed by atoms with E-state index < -0.39 is 0 Å². The number of hydrogen-bond acceptors (Lipinski definition) is 4. The molecule has 2 atom stereocenters. The minimum Gasteiger partial charge on any atom is -0.459 e. The minimum atomic E-state index is -0.141. The number of rotatable bonds is 9. The quantitative estimate of drug-likeness (QED) is 0.424. The van der Waals surface area contributed by atoms with Crippen LogP contribution in [0.5, 0.6) is 0 Å². The Morgan fingerprint density at radius 3 is 2.38 bits per heavy atom. The molecule has 1 aromatic rings. The second kappa shape index (κ2) is 9.52. The summed E-state index contributed by atoms with van der Waals surface area (Å²) >= 11 is 0. The van der Waals surface area contributed by atoms with E-state index in [-0.39, 0.29) is 29.3 Å². The summed E-state index contributed by atoms with van der Waals surface area (Å²) in [5.41, 5.74) is 0.660. The lowest BCUT2D eigenvalue weighted by atomic mass is 9.72. The van der Waals surface area contributed by atoms with Gasteiger partial charge in [0.2, 0.25) is 0 Å². The van der Waals surface area contributed by atoms with Crippen LogP contribution in [0.1, 0.15) is 99.2 Å². The molecule has 0 aromatic carbocycles. The molecule has 0 radical (unpaired) electrons. The Balaban J connectivity index is 2.63. The predicted octanol–water partition coefficient (Wildman–Crippen LogP) is 5.56. The Morgan fingerprint density at radius 1 is 1.19 bits per heavy atom. The summed E-state index contributed by atoms with van der Waals surface area (Å²) in [6.07, 6.45) is 7.45. The number of ether oxygens (including phenoxy) is 1. The molecular weight excluding hydrogens is 326 g/mol. The number of esters is 1. The van der Waals surface area contributed by atoms with Crippen molar-refractivity contribution in [1.29, 1.82) is 0 Å². The molecule has 26 heavy (non-hydrogen) atoms. The Bertz CT molecular complexity index is 552. The highest BCUT2D eigenvalue weighted by Gasteiger charge is 2.35. The lowest BCUT2D eigenvalue weighted by Gasteiger charge is -2.33. The number of nitrogens with zero attached hydrogens (tertiary/aromatic N) is 3. The largest absolute Gasteiger partial charge is 0.459 e. The Kier molecular flexibility index (Phi) is 8.29. The van der Waals surface area contributed by atoms with Gasteiger partial charge in [0.15, 0.2) is 0 Å². The fourth-order valence-corrected chi connectivity index (χ4v) is 3.02. The highest BCUT2D eigenvalue weighted by Crippen LogP contribution is 2.36. The van der Waals surface area contributed by atoms with Crippen molar-refractivity contribution >= 4 is 5.97 Å². The molecule has 0 aliphatic rings. The van der Waals surface area contributed by atoms with Gasteiger partial charge in [-0.2, -0.15) is 0 Å². The SMILES string of the molecule is CCCCCC(C)n1cc(COC(=O)C(CC(C)(C)C)C(C)(C)C)nn1. The van der Waals surface area contributed by atoms with Gasteiger partial charge in [0, 0.05) is 0 Å². The van der Waals surface area contributed by atoms with Gasteiger partial charge < -0.3 is 4.74 Å². The molecule has 5 nitrogen and oxygen atoms in total. The van der Waals surface area contributed by atoms with Gasteiger partial charge in [0.05, 0.1) is 18.2 Å². The van der Waals surface area contributed by atoms with E-state index in [0.29, 0.717) is 11.7 Å². The molecular formula is C21H39N3O2. The van der Waals surface area contributed by atoms with E-state index in [1.165, 1.54) is 19.3 Å². The van der Waals surface area contributed by atoms with Crippen LogP contribution >= 0.6 is 0 Å². The number of hydrogen-bond donors (Lipinski definition) is 0. The fourth-order valence-electron chi connectivity index (χ4n) is 3.02. The van der Waals surface area contributed by atoms with Crippen LogP contribution in [0.4, 0.5) is 0 Å². The Morgan fingerprint density at radius 2 is 1.85 bits per heavy atom. The highest BCUT2D eigenvalue weighted by molar-refractivity contribution is 5.73. The first-order valence-corrected chi connectivity index (χ1v) is 10.0. The number of carbonyl (C=O) groups is 1. The maximum atomic E-state index is 12.7. The summed E-state index contributed by atoms with van der Waals surface area (Å²) in [5, 5.41) is 8.37. The lowest BCUT2D eigenvalue weighted by molar-refractivity contribution is -0.155. The van der Waals surface area contributed by atoms with Gasteiger partial charge in [-0.25, -0.2) is 4.68 Å². The summed E-state index contributed by atoms with van der Waals surface area (Å²) in [5.74, 6) is -0.275. The van der Waals surface area contributed by atoms with Crippen molar-refractivity contribution in [3.63, 3.8) is 0 Å². The summed E-state index contributed by atoms with van der Waals surface area (Å²) in [6.45, 7) is 17.3. The number of unbranched alkanes of at least 4 members (excludes halogenated alkanes) is 2. The molecule has 0 saturated heterocycles. The van der Waals surface area contributed by atoms with Crippen LogP contribution in [0.3, 0.4) is 0 Å². The van der Waals surface area contributed by atoms with E-state index in [9.17, 15) is 4.79 Å². The maximum absolute atomic E-state index is 12.7. The van der Waals surface area contributed by atoms with E-state index in [4.69, 9.17) is 4.74 Å². The molecule has 5 heteroatoms. The van der Waals surface area contributed by atoms with Crippen molar-refractivity contribution < 1.29 is 9.53 Å². The van der Waals surface area contributed by atoms with Gasteiger partial charge in [0.1, 0.15) is 12.3 Å². The third kappa shape index (κ3) is 7.88. The molecule has 0 bridgehead atoms. The van der Waals surface area contributed by atoms with Crippen LogP contribution in [-0.2, 0) is 16.1 Å². The second-order valence-electron chi connectivity index (χ2n) is 9.83. The van der Waals surface area contributed by atoms with Gasteiger partial charge in [-0.05, 0) is 30.6 Å².